The van der Waals surface area contributed by atoms with Crippen molar-refractivity contribution in [3.63, 3.8) is 0 Å². The van der Waals surface area contributed by atoms with Gasteiger partial charge in [-0.1, -0.05) is 19.1 Å². The predicted molar refractivity (Wildman–Crippen MR) is 87.3 cm³/mol. The number of thiocarbonyl (C=S) groups is 1. The standard InChI is InChI=1S/C15H24N4OS/c1-4-19-12(9-11(3)18-19)13(20)17-15(14(16)21)7-5-10(2)6-8-15/h9-10H,4-8H2,1-3H3,(H2,16,21)(H,17,20). The number of nitrogens with one attached hydrogen (secondary N) is 1. The lowest BCUT2D eigenvalue weighted by Crippen LogP contribution is -2.58. The molecule has 5 nitrogen and oxygen atoms in total. The summed E-state index contributed by atoms with van der Waals surface area (Å²) in [6, 6.07) is 1.80. The third kappa shape index (κ3) is 3.26. The fraction of sp³-hybridized carbons (Fsp3) is 0.667. The molecule has 0 atom stereocenters. The van der Waals surface area contributed by atoms with Crippen LogP contribution < -0.4 is 11.1 Å². The fourth-order valence-corrected chi connectivity index (χ4v) is 3.19. The van der Waals surface area contributed by atoms with Crippen LogP contribution in [0, 0.1) is 12.8 Å². The molecule has 1 fully saturated rings. The van der Waals surface area contributed by atoms with E-state index < -0.39 is 5.54 Å². The molecular weight excluding hydrogens is 284 g/mol. The summed E-state index contributed by atoms with van der Waals surface area (Å²) >= 11 is 5.24. The number of aromatic nitrogens is 2. The van der Waals surface area contributed by atoms with Crippen molar-refractivity contribution in [1.82, 2.24) is 15.1 Å². The van der Waals surface area contributed by atoms with Crippen LogP contribution in [-0.4, -0.2) is 26.2 Å². The molecule has 1 heterocycles. The number of hydrogen-bond donors (Lipinski definition) is 2. The molecule has 1 aromatic heterocycles. The van der Waals surface area contributed by atoms with E-state index in [9.17, 15) is 4.79 Å². The lowest BCUT2D eigenvalue weighted by Gasteiger charge is -2.39. The van der Waals surface area contributed by atoms with Gasteiger partial charge in [-0.05, 0) is 51.5 Å². The second kappa shape index (κ2) is 6.13. The Morgan fingerprint density at radius 1 is 1.57 bits per heavy atom. The molecule has 0 unspecified atom stereocenters. The summed E-state index contributed by atoms with van der Waals surface area (Å²) in [7, 11) is 0. The number of nitrogens with zero attached hydrogens (tertiary/aromatic N) is 2. The number of nitrogens with two attached hydrogens (primary N) is 1. The highest BCUT2D eigenvalue weighted by Crippen LogP contribution is 2.32. The summed E-state index contributed by atoms with van der Waals surface area (Å²) in [5, 5.41) is 7.41. The van der Waals surface area contributed by atoms with Crippen molar-refractivity contribution in [3.8, 4) is 0 Å². The SMILES string of the molecule is CCn1nc(C)cc1C(=O)NC1(C(N)=S)CCC(C)CC1. The van der Waals surface area contributed by atoms with Crippen LogP contribution in [0.4, 0.5) is 0 Å². The Morgan fingerprint density at radius 3 is 2.71 bits per heavy atom. The lowest BCUT2D eigenvalue weighted by atomic mass is 9.77. The van der Waals surface area contributed by atoms with Gasteiger partial charge in [-0.2, -0.15) is 5.10 Å². The maximum atomic E-state index is 12.6. The van der Waals surface area contributed by atoms with E-state index in [1.165, 1.54) is 0 Å². The zero-order chi connectivity index (χ0) is 15.6. The van der Waals surface area contributed by atoms with Crippen LogP contribution in [0.3, 0.4) is 0 Å². The van der Waals surface area contributed by atoms with Gasteiger partial charge in [0.1, 0.15) is 5.69 Å². The monoisotopic (exact) mass is 308 g/mol. The largest absolute Gasteiger partial charge is 0.391 e. The summed E-state index contributed by atoms with van der Waals surface area (Å²) in [6.07, 6.45) is 3.69. The van der Waals surface area contributed by atoms with Crippen molar-refractivity contribution in [1.29, 1.82) is 0 Å². The number of hydrogen-bond acceptors (Lipinski definition) is 3. The minimum absolute atomic E-state index is 0.139. The van der Waals surface area contributed by atoms with Crippen LogP contribution >= 0.6 is 12.2 Å². The molecule has 2 rings (SSSR count). The molecule has 0 spiro atoms. The summed E-state index contributed by atoms with van der Waals surface area (Å²) in [4.78, 5) is 13.0. The molecular formula is C15H24N4OS. The highest BCUT2D eigenvalue weighted by atomic mass is 32.1. The van der Waals surface area contributed by atoms with Crippen LogP contribution in [-0.2, 0) is 6.54 Å². The third-order valence-electron chi connectivity index (χ3n) is 4.39. The van der Waals surface area contributed by atoms with Gasteiger partial charge in [0.15, 0.2) is 0 Å². The summed E-state index contributed by atoms with van der Waals surface area (Å²) < 4.78 is 1.71. The summed E-state index contributed by atoms with van der Waals surface area (Å²) in [5.74, 6) is 0.521. The third-order valence-corrected chi connectivity index (χ3v) is 4.78. The molecule has 21 heavy (non-hydrogen) atoms. The first-order valence-electron chi connectivity index (χ1n) is 7.55. The van der Waals surface area contributed by atoms with E-state index in [4.69, 9.17) is 18.0 Å². The van der Waals surface area contributed by atoms with Gasteiger partial charge in [0.05, 0.1) is 16.2 Å². The fourth-order valence-electron chi connectivity index (χ4n) is 2.94. The molecule has 0 bridgehead atoms. The first kappa shape index (κ1) is 15.9. The Kier molecular flexibility index (Phi) is 4.66. The summed E-state index contributed by atoms with van der Waals surface area (Å²) in [5.41, 5.74) is 6.81. The first-order valence-corrected chi connectivity index (χ1v) is 7.95. The van der Waals surface area contributed by atoms with Crippen molar-refractivity contribution < 1.29 is 4.79 Å². The van der Waals surface area contributed by atoms with Gasteiger partial charge in [0.25, 0.3) is 5.91 Å². The highest BCUT2D eigenvalue weighted by Gasteiger charge is 2.39. The smallest absolute Gasteiger partial charge is 0.270 e. The van der Waals surface area contributed by atoms with Crippen LogP contribution in [0.2, 0.25) is 0 Å². The van der Waals surface area contributed by atoms with E-state index in [2.05, 4.69) is 17.3 Å². The van der Waals surface area contributed by atoms with Gasteiger partial charge in [-0.15, -0.1) is 0 Å². The average molecular weight is 308 g/mol. The Balaban J connectivity index is 2.21. The molecule has 116 valence electrons. The normalized spacial score (nSPS) is 25.6. The van der Waals surface area contributed by atoms with Gasteiger partial charge < -0.3 is 11.1 Å². The zero-order valence-electron chi connectivity index (χ0n) is 13.0. The summed E-state index contributed by atoms with van der Waals surface area (Å²) in [6.45, 7) is 6.73. The molecule has 3 N–H and O–H groups in total. The molecule has 1 aliphatic rings. The van der Waals surface area contributed by atoms with Crippen molar-refractivity contribution in [2.45, 2.75) is 58.5 Å². The quantitative estimate of drug-likeness (QED) is 0.836. The van der Waals surface area contributed by atoms with Gasteiger partial charge >= 0.3 is 0 Å². The number of aryl methyl sites for hydroxylation is 2. The van der Waals surface area contributed by atoms with Crippen LogP contribution in [0.5, 0.6) is 0 Å². The van der Waals surface area contributed by atoms with Crippen LogP contribution in [0.25, 0.3) is 0 Å². The molecule has 1 aromatic rings. The van der Waals surface area contributed by atoms with Gasteiger partial charge in [0.2, 0.25) is 0 Å². The molecule has 0 radical (unpaired) electrons. The van der Waals surface area contributed by atoms with Crippen LogP contribution in [0.15, 0.2) is 6.07 Å². The topological polar surface area (TPSA) is 72.9 Å². The van der Waals surface area contributed by atoms with E-state index in [1.54, 1.807) is 10.7 Å². The Morgan fingerprint density at radius 2 is 2.19 bits per heavy atom. The molecule has 6 heteroatoms. The second-order valence-electron chi connectivity index (χ2n) is 6.07. The van der Waals surface area contributed by atoms with E-state index in [-0.39, 0.29) is 5.91 Å². The van der Waals surface area contributed by atoms with Gasteiger partial charge in [0, 0.05) is 6.54 Å². The minimum Gasteiger partial charge on any atom is -0.391 e. The van der Waals surface area contributed by atoms with Gasteiger partial charge in [-0.3, -0.25) is 9.48 Å². The maximum absolute atomic E-state index is 12.6. The average Bonchev–Trinajstić information content (AvgIpc) is 2.82. The Bertz CT molecular complexity index is 544. The van der Waals surface area contributed by atoms with Crippen molar-refractivity contribution in [3.05, 3.63) is 17.5 Å². The van der Waals surface area contributed by atoms with E-state index in [1.807, 2.05) is 13.8 Å². The predicted octanol–water partition coefficient (Wildman–Crippen LogP) is 2.18. The number of carbonyl (C=O) groups is 1. The van der Waals surface area contributed by atoms with Crippen LogP contribution in [0.1, 0.15) is 55.7 Å². The van der Waals surface area contributed by atoms with Crippen molar-refractivity contribution in [2.75, 3.05) is 0 Å². The first-order chi connectivity index (χ1) is 9.88. The molecule has 0 aromatic carbocycles. The number of rotatable bonds is 4. The van der Waals surface area contributed by atoms with Gasteiger partial charge in [-0.25, -0.2) is 0 Å². The molecule has 1 amide bonds. The molecule has 1 saturated carbocycles. The van der Waals surface area contributed by atoms with Crippen molar-refractivity contribution in [2.24, 2.45) is 11.7 Å². The Labute approximate surface area is 131 Å². The highest BCUT2D eigenvalue weighted by molar-refractivity contribution is 7.80. The molecule has 0 saturated heterocycles. The van der Waals surface area contributed by atoms with E-state index in [0.717, 1.165) is 31.4 Å². The lowest BCUT2D eigenvalue weighted by molar-refractivity contribution is 0.0889. The molecule has 1 aliphatic carbocycles. The number of amides is 1. The van der Waals surface area contributed by atoms with E-state index >= 15 is 0 Å². The van der Waals surface area contributed by atoms with Crippen molar-refractivity contribution >= 4 is 23.1 Å². The number of carbonyl (C=O) groups excluding carboxylic acids is 1. The molecule has 0 aliphatic heterocycles. The Hall–Kier alpha value is -1.43. The maximum Gasteiger partial charge on any atom is 0.270 e. The zero-order valence-corrected chi connectivity index (χ0v) is 13.8. The van der Waals surface area contributed by atoms with E-state index in [0.29, 0.717) is 23.1 Å². The second-order valence-corrected chi connectivity index (χ2v) is 6.51. The minimum atomic E-state index is -0.546.